The second-order valence-corrected chi connectivity index (χ2v) is 9.93. The van der Waals surface area contributed by atoms with Gasteiger partial charge < -0.3 is 10.2 Å². The van der Waals surface area contributed by atoms with Crippen molar-refractivity contribution in [2.45, 2.75) is 135 Å². The Labute approximate surface area is 207 Å². The summed E-state index contributed by atoms with van der Waals surface area (Å²) in [6.45, 7) is 5.96. The Hall–Kier alpha value is -1.92. The van der Waals surface area contributed by atoms with Crippen LogP contribution in [0.15, 0.2) is 6.33 Å². The number of aromatic nitrogens is 2. The van der Waals surface area contributed by atoms with Gasteiger partial charge >= 0.3 is 5.69 Å². The van der Waals surface area contributed by atoms with Gasteiger partial charge in [0.25, 0.3) is 0 Å². The van der Waals surface area contributed by atoms with Gasteiger partial charge in [0, 0.05) is 19.1 Å². The molecule has 1 unspecified atom stereocenters. The molecule has 2 heterocycles. The first-order valence-electron chi connectivity index (χ1n) is 14.2. The van der Waals surface area contributed by atoms with Crippen LogP contribution in [0.2, 0.25) is 0 Å². The predicted octanol–water partition coefficient (Wildman–Crippen LogP) is 8.05. The molecular formula is C27H49N5O2. The van der Waals surface area contributed by atoms with E-state index in [1.165, 1.54) is 89.8 Å². The van der Waals surface area contributed by atoms with E-state index in [-0.39, 0.29) is 10.6 Å². The zero-order valence-electron chi connectivity index (χ0n) is 21.9. The van der Waals surface area contributed by atoms with E-state index in [0.29, 0.717) is 24.2 Å². The van der Waals surface area contributed by atoms with Gasteiger partial charge in [0.15, 0.2) is 0 Å². The molecule has 0 amide bonds. The first kappa shape index (κ1) is 28.3. The van der Waals surface area contributed by atoms with Crippen LogP contribution in [0.3, 0.4) is 0 Å². The smallest absolute Gasteiger partial charge is 0.353 e. The highest BCUT2D eigenvalue weighted by Gasteiger charge is 2.31. The Morgan fingerprint density at radius 3 is 2.06 bits per heavy atom. The minimum atomic E-state index is -0.315. The Bertz CT molecular complexity index is 685. The average molecular weight is 476 g/mol. The summed E-state index contributed by atoms with van der Waals surface area (Å²) in [6, 6.07) is 0.320. The predicted molar refractivity (Wildman–Crippen MR) is 143 cm³/mol. The van der Waals surface area contributed by atoms with Crippen molar-refractivity contribution < 1.29 is 4.92 Å². The van der Waals surface area contributed by atoms with Gasteiger partial charge in [0.2, 0.25) is 11.6 Å². The van der Waals surface area contributed by atoms with Gasteiger partial charge in [-0.2, -0.15) is 0 Å². The van der Waals surface area contributed by atoms with E-state index in [2.05, 4.69) is 34.0 Å². The number of rotatable bonds is 19. The first-order chi connectivity index (χ1) is 16.7. The van der Waals surface area contributed by atoms with Crippen molar-refractivity contribution in [2.24, 2.45) is 0 Å². The Kier molecular flexibility index (Phi) is 14.6. The molecule has 1 aliphatic rings. The van der Waals surface area contributed by atoms with Crippen LogP contribution in [0.4, 0.5) is 17.3 Å². The number of nitro groups is 1. The van der Waals surface area contributed by atoms with Gasteiger partial charge in [-0.3, -0.25) is 10.1 Å². The highest BCUT2D eigenvalue weighted by Crippen LogP contribution is 2.35. The van der Waals surface area contributed by atoms with Crippen LogP contribution >= 0.6 is 0 Å². The van der Waals surface area contributed by atoms with Crippen LogP contribution in [-0.2, 0) is 0 Å². The molecule has 1 fully saturated rings. The summed E-state index contributed by atoms with van der Waals surface area (Å²) < 4.78 is 0. The summed E-state index contributed by atoms with van der Waals surface area (Å²) in [6.07, 6.45) is 24.3. The van der Waals surface area contributed by atoms with Gasteiger partial charge in [0.1, 0.15) is 6.33 Å². The second-order valence-electron chi connectivity index (χ2n) is 9.93. The van der Waals surface area contributed by atoms with Crippen molar-refractivity contribution in [2.75, 3.05) is 23.3 Å². The molecule has 1 aromatic heterocycles. The fourth-order valence-electron chi connectivity index (χ4n) is 5.11. The molecule has 0 radical (unpaired) electrons. The summed E-state index contributed by atoms with van der Waals surface area (Å²) in [7, 11) is 0. The van der Waals surface area contributed by atoms with Crippen molar-refractivity contribution >= 4 is 17.3 Å². The van der Waals surface area contributed by atoms with E-state index >= 15 is 0 Å². The fourth-order valence-corrected chi connectivity index (χ4v) is 5.11. The molecule has 34 heavy (non-hydrogen) atoms. The van der Waals surface area contributed by atoms with Crippen molar-refractivity contribution in [3.8, 4) is 0 Å². The van der Waals surface area contributed by atoms with E-state index < -0.39 is 0 Å². The van der Waals surface area contributed by atoms with Crippen LogP contribution in [0.25, 0.3) is 0 Å². The van der Waals surface area contributed by atoms with Crippen molar-refractivity contribution in [1.29, 1.82) is 0 Å². The first-order valence-corrected chi connectivity index (χ1v) is 14.2. The zero-order chi connectivity index (χ0) is 24.4. The lowest BCUT2D eigenvalue weighted by Crippen LogP contribution is -2.40. The molecule has 0 aromatic carbocycles. The summed E-state index contributed by atoms with van der Waals surface area (Å²) in [4.78, 5) is 22.3. The molecule has 194 valence electrons. The number of hydrogen-bond acceptors (Lipinski definition) is 6. The molecule has 0 saturated carbocycles. The van der Waals surface area contributed by atoms with Crippen LogP contribution in [-0.4, -0.2) is 34.0 Å². The number of unbranched alkanes of at least 4 members (excludes halogenated alkanes) is 13. The molecule has 0 bridgehead atoms. The Balaban J connectivity index is 1.62. The number of piperidine rings is 1. The van der Waals surface area contributed by atoms with E-state index in [9.17, 15) is 10.1 Å². The van der Waals surface area contributed by atoms with E-state index in [0.717, 1.165) is 38.6 Å². The van der Waals surface area contributed by atoms with E-state index in [4.69, 9.17) is 0 Å². The summed E-state index contributed by atoms with van der Waals surface area (Å²) in [5.41, 5.74) is 0.0354. The van der Waals surface area contributed by atoms with Crippen molar-refractivity contribution in [3.05, 3.63) is 16.4 Å². The van der Waals surface area contributed by atoms with Gasteiger partial charge in [-0.15, -0.1) is 0 Å². The second kappa shape index (κ2) is 17.5. The molecule has 1 aromatic rings. The van der Waals surface area contributed by atoms with Crippen molar-refractivity contribution in [3.63, 3.8) is 0 Å². The number of anilines is 2. The molecule has 7 nitrogen and oxygen atoms in total. The third-order valence-electron chi connectivity index (χ3n) is 7.18. The maximum Gasteiger partial charge on any atom is 0.353 e. The molecule has 1 atom stereocenters. The molecule has 1 N–H and O–H groups in total. The Morgan fingerprint density at radius 2 is 1.50 bits per heavy atom. The topological polar surface area (TPSA) is 84.2 Å². The lowest BCUT2D eigenvalue weighted by molar-refractivity contribution is -0.383. The SMILES string of the molecule is CCCCCCCCCCCCCCCCNc1ncnc(N2CCCCC2CC)c1[N+](=O)[O-]. The van der Waals surface area contributed by atoms with Crippen LogP contribution < -0.4 is 10.2 Å². The number of hydrogen-bond donors (Lipinski definition) is 1. The normalized spacial score (nSPS) is 16.1. The standard InChI is InChI=1S/C27H49N5O2/c1-3-5-6-7-8-9-10-11-12-13-14-15-16-18-21-28-26-25(32(33)34)27(30-23-29-26)31-22-19-17-20-24(31)4-2/h23-24H,3-22H2,1-2H3,(H,28,29,30). The minimum absolute atomic E-state index is 0.0354. The largest absolute Gasteiger partial charge is 0.364 e. The van der Waals surface area contributed by atoms with Gasteiger partial charge in [0.05, 0.1) is 4.92 Å². The van der Waals surface area contributed by atoms with E-state index in [1.807, 2.05) is 0 Å². The third kappa shape index (κ3) is 10.1. The Morgan fingerprint density at radius 1 is 0.912 bits per heavy atom. The van der Waals surface area contributed by atoms with E-state index in [1.54, 1.807) is 0 Å². The average Bonchev–Trinajstić information content (AvgIpc) is 2.86. The highest BCUT2D eigenvalue weighted by molar-refractivity contribution is 5.70. The van der Waals surface area contributed by atoms with Crippen LogP contribution in [0.5, 0.6) is 0 Å². The molecule has 2 rings (SSSR count). The monoisotopic (exact) mass is 475 g/mol. The quantitative estimate of drug-likeness (QED) is 0.124. The summed E-state index contributed by atoms with van der Waals surface area (Å²) in [5, 5.41) is 15.1. The van der Waals surface area contributed by atoms with Crippen LogP contribution in [0.1, 0.15) is 129 Å². The molecule has 0 spiro atoms. The summed E-state index contributed by atoms with van der Waals surface area (Å²) >= 11 is 0. The molecule has 0 aliphatic carbocycles. The number of nitrogens with zero attached hydrogens (tertiary/aromatic N) is 4. The molecular weight excluding hydrogens is 426 g/mol. The maximum absolute atomic E-state index is 11.9. The molecule has 1 aliphatic heterocycles. The van der Waals surface area contributed by atoms with Gasteiger partial charge in [-0.05, 0) is 32.1 Å². The highest BCUT2D eigenvalue weighted by atomic mass is 16.6. The van der Waals surface area contributed by atoms with Crippen LogP contribution in [0, 0.1) is 10.1 Å². The maximum atomic E-state index is 11.9. The zero-order valence-corrected chi connectivity index (χ0v) is 21.9. The fraction of sp³-hybridized carbons (Fsp3) is 0.852. The molecule has 7 heteroatoms. The lowest BCUT2D eigenvalue weighted by Gasteiger charge is -2.35. The molecule has 1 saturated heterocycles. The minimum Gasteiger partial charge on any atom is -0.364 e. The van der Waals surface area contributed by atoms with Crippen molar-refractivity contribution in [1.82, 2.24) is 9.97 Å². The lowest BCUT2D eigenvalue weighted by atomic mass is 10.00. The van der Waals surface area contributed by atoms with Gasteiger partial charge in [-0.1, -0.05) is 97.3 Å². The number of nitrogens with one attached hydrogen (secondary N) is 1. The van der Waals surface area contributed by atoms with Gasteiger partial charge in [-0.25, -0.2) is 9.97 Å². The summed E-state index contributed by atoms with van der Waals surface area (Å²) in [5.74, 6) is 0.847. The third-order valence-corrected chi connectivity index (χ3v) is 7.18.